The van der Waals surface area contributed by atoms with Crippen LogP contribution in [-0.4, -0.2) is 38.1 Å². The number of hydrogen-bond acceptors (Lipinski definition) is 3. The van der Waals surface area contributed by atoms with Gasteiger partial charge in [0.2, 0.25) is 5.91 Å². The number of amides is 1. The standard InChI is InChI=1S/C19H24N2O2/c1-21(14-17-9-6-10-18(13-17)23-2)15-19(22)20-12-11-16-7-4-3-5-8-16/h3-10,13H,11-12,14-15H2,1-2H3,(H,20,22). The second kappa shape index (κ2) is 8.96. The summed E-state index contributed by atoms with van der Waals surface area (Å²) in [6.07, 6.45) is 0.853. The minimum atomic E-state index is 0.0475. The van der Waals surface area contributed by atoms with Gasteiger partial charge in [0.25, 0.3) is 0 Å². The van der Waals surface area contributed by atoms with Gasteiger partial charge in [-0.1, -0.05) is 42.5 Å². The maximum atomic E-state index is 12.0. The summed E-state index contributed by atoms with van der Waals surface area (Å²) in [6.45, 7) is 1.76. The Morgan fingerprint density at radius 2 is 1.83 bits per heavy atom. The van der Waals surface area contributed by atoms with Crippen molar-refractivity contribution < 1.29 is 9.53 Å². The summed E-state index contributed by atoms with van der Waals surface area (Å²) in [5.74, 6) is 0.884. The van der Waals surface area contributed by atoms with E-state index >= 15 is 0 Å². The first-order valence-electron chi connectivity index (χ1n) is 7.79. The number of nitrogens with zero attached hydrogens (tertiary/aromatic N) is 1. The topological polar surface area (TPSA) is 41.6 Å². The molecule has 2 aromatic carbocycles. The van der Waals surface area contributed by atoms with E-state index in [9.17, 15) is 4.79 Å². The maximum Gasteiger partial charge on any atom is 0.234 e. The molecule has 4 nitrogen and oxygen atoms in total. The number of nitrogens with one attached hydrogen (secondary N) is 1. The monoisotopic (exact) mass is 312 g/mol. The third kappa shape index (κ3) is 6.12. The first kappa shape index (κ1) is 17.0. The largest absolute Gasteiger partial charge is 0.497 e. The quantitative estimate of drug-likeness (QED) is 0.814. The van der Waals surface area contributed by atoms with E-state index in [4.69, 9.17) is 4.74 Å². The lowest BCUT2D eigenvalue weighted by Gasteiger charge is -2.16. The summed E-state index contributed by atoms with van der Waals surface area (Å²) < 4.78 is 5.21. The second-order valence-electron chi connectivity index (χ2n) is 5.61. The first-order chi connectivity index (χ1) is 11.2. The molecule has 0 heterocycles. The Morgan fingerprint density at radius 1 is 1.09 bits per heavy atom. The number of benzene rings is 2. The normalized spacial score (nSPS) is 10.6. The highest BCUT2D eigenvalue weighted by atomic mass is 16.5. The van der Waals surface area contributed by atoms with E-state index in [0.717, 1.165) is 17.7 Å². The molecule has 1 N–H and O–H groups in total. The number of likely N-dealkylation sites (N-methyl/N-ethyl adjacent to an activating group) is 1. The molecule has 0 aliphatic rings. The molecule has 23 heavy (non-hydrogen) atoms. The molecule has 0 aromatic heterocycles. The molecular weight excluding hydrogens is 288 g/mol. The predicted octanol–water partition coefficient (Wildman–Crippen LogP) is 2.49. The molecule has 0 unspecified atom stereocenters. The van der Waals surface area contributed by atoms with Crippen LogP contribution in [-0.2, 0) is 17.8 Å². The molecule has 1 amide bonds. The zero-order valence-electron chi connectivity index (χ0n) is 13.8. The molecule has 4 heteroatoms. The van der Waals surface area contributed by atoms with Gasteiger partial charge in [-0.25, -0.2) is 0 Å². The van der Waals surface area contributed by atoms with Crippen molar-refractivity contribution >= 4 is 5.91 Å². The summed E-state index contributed by atoms with van der Waals surface area (Å²) in [4.78, 5) is 14.0. The number of carbonyl (C=O) groups is 1. The zero-order chi connectivity index (χ0) is 16.5. The molecular formula is C19H24N2O2. The molecule has 0 aliphatic heterocycles. The Labute approximate surface area is 138 Å². The van der Waals surface area contributed by atoms with Crippen LogP contribution in [0, 0.1) is 0 Å². The van der Waals surface area contributed by atoms with Crippen molar-refractivity contribution in [2.24, 2.45) is 0 Å². The molecule has 0 spiro atoms. The molecule has 0 saturated heterocycles. The lowest BCUT2D eigenvalue weighted by Crippen LogP contribution is -2.35. The van der Waals surface area contributed by atoms with Crippen molar-refractivity contribution in [3.63, 3.8) is 0 Å². The highest BCUT2D eigenvalue weighted by molar-refractivity contribution is 5.77. The predicted molar refractivity (Wildman–Crippen MR) is 92.5 cm³/mol. The van der Waals surface area contributed by atoms with E-state index in [1.165, 1.54) is 5.56 Å². The van der Waals surface area contributed by atoms with Gasteiger partial charge in [0.1, 0.15) is 5.75 Å². The minimum Gasteiger partial charge on any atom is -0.497 e. The Morgan fingerprint density at radius 3 is 2.57 bits per heavy atom. The van der Waals surface area contributed by atoms with Crippen LogP contribution in [0.4, 0.5) is 0 Å². The summed E-state index contributed by atoms with van der Waals surface area (Å²) in [5.41, 5.74) is 2.36. The van der Waals surface area contributed by atoms with E-state index < -0.39 is 0 Å². The molecule has 2 rings (SSSR count). The fourth-order valence-corrected chi connectivity index (χ4v) is 2.43. The Bertz CT molecular complexity index is 614. The van der Waals surface area contributed by atoms with Crippen LogP contribution in [0.25, 0.3) is 0 Å². The van der Waals surface area contributed by atoms with Crippen molar-refractivity contribution in [1.29, 1.82) is 0 Å². The average Bonchev–Trinajstić information content (AvgIpc) is 2.56. The SMILES string of the molecule is COc1cccc(CN(C)CC(=O)NCCc2ccccc2)c1. The van der Waals surface area contributed by atoms with Crippen molar-refractivity contribution in [3.8, 4) is 5.75 Å². The Balaban J connectivity index is 1.71. The van der Waals surface area contributed by atoms with Crippen LogP contribution in [0.3, 0.4) is 0 Å². The summed E-state index contributed by atoms with van der Waals surface area (Å²) in [7, 11) is 3.60. The van der Waals surface area contributed by atoms with Crippen LogP contribution < -0.4 is 10.1 Å². The van der Waals surface area contributed by atoms with E-state index in [1.807, 2.05) is 54.4 Å². The molecule has 0 fully saturated rings. The fraction of sp³-hybridized carbons (Fsp3) is 0.316. The number of rotatable bonds is 8. The van der Waals surface area contributed by atoms with Gasteiger partial charge in [-0.05, 0) is 36.7 Å². The third-order valence-corrected chi connectivity index (χ3v) is 3.58. The molecule has 0 atom stereocenters. The third-order valence-electron chi connectivity index (χ3n) is 3.58. The number of carbonyl (C=O) groups excluding carboxylic acids is 1. The zero-order valence-corrected chi connectivity index (χ0v) is 13.8. The molecule has 0 radical (unpaired) electrons. The summed E-state index contributed by atoms with van der Waals surface area (Å²) >= 11 is 0. The van der Waals surface area contributed by atoms with Crippen LogP contribution in [0.2, 0.25) is 0 Å². The van der Waals surface area contributed by atoms with Crippen LogP contribution in [0.15, 0.2) is 54.6 Å². The van der Waals surface area contributed by atoms with Crippen molar-refractivity contribution in [3.05, 3.63) is 65.7 Å². The van der Waals surface area contributed by atoms with E-state index in [1.54, 1.807) is 7.11 Å². The van der Waals surface area contributed by atoms with E-state index in [-0.39, 0.29) is 5.91 Å². The molecule has 0 bridgehead atoms. The van der Waals surface area contributed by atoms with Gasteiger partial charge in [-0.15, -0.1) is 0 Å². The van der Waals surface area contributed by atoms with Crippen molar-refractivity contribution in [2.75, 3.05) is 27.2 Å². The molecule has 122 valence electrons. The molecule has 0 saturated carbocycles. The van der Waals surface area contributed by atoms with Crippen LogP contribution >= 0.6 is 0 Å². The van der Waals surface area contributed by atoms with Gasteiger partial charge in [-0.3, -0.25) is 9.69 Å². The summed E-state index contributed by atoms with van der Waals surface area (Å²) in [6, 6.07) is 18.1. The number of methoxy groups -OCH3 is 1. The van der Waals surface area contributed by atoms with Gasteiger partial charge in [0.05, 0.1) is 13.7 Å². The smallest absolute Gasteiger partial charge is 0.234 e. The Hall–Kier alpha value is -2.33. The molecule has 0 aliphatic carbocycles. The highest BCUT2D eigenvalue weighted by Gasteiger charge is 2.07. The van der Waals surface area contributed by atoms with E-state index in [2.05, 4.69) is 17.4 Å². The van der Waals surface area contributed by atoms with Gasteiger partial charge >= 0.3 is 0 Å². The van der Waals surface area contributed by atoms with Gasteiger partial charge in [0, 0.05) is 13.1 Å². The minimum absolute atomic E-state index is 0.0475. The van der Waals surface area contributed by atoms with Crippen LogP contribution in [0.5, 0.6) is 5.75 Å². The lowest BCUT2D eigenvalue weighted by atomic mass is 10.1. The second-order valence-corrected chi connectivity index (χ2v) is 5.61. The summed E-state index contributed by atoms with van der Waals surface area (Å²) in [5, 5.41) is 2.97. The van der Waals surface area contributed by atoms with Gasteiger partial charge < -0.3 is 10.1 Å². The Kier molecular flexibility index (Phi) is 6.63. The number of ether oxygens (including phenoxy) is 1. The fourth-order valence-electron chi connectivity index (χ4n) is 2.43. The highest BCUT2D eigenvalue weighted by Crippen LogP contribution is 2.13. The average molecular weight is 312 g/mol. The maximum absolute atomic E-state index is 12.0. The first-order valence-corrected chi connectivity index (χ1v) is 7.79. The van der Waals surface area contributed by atoms with Gasteiger partial charge in [0.15, 0.2) is 0 Å². The van der Waals surface area contributed by atoms with Crippen molar-refractivity contribution in [2.45, 2.75) is 13.0 Å². The lowest BCUT2D eigenvalue weighted by molar-refractivity contribution is -0.122. The van der Waals surface area contributed by atoms with Gasteiger partial charge in [-0.2, -0.15) is 0 Å². The molecule has 2 aromatic rings. The van der Waals surface area contributed by atoms with E-state index in [0.29, 0.717) is 19.6 Å². The van der Waals surface area contributed by atoms with Crippen molar-refractivity contribution in [1.82, 2.24) is 10.2 Å². The van der Waals surface area contributed by atoms with Crippen LogP contribution in [0.1, 0.15) is 11.1 Å². The number of hydrogen-bond donors (Lipinski definition) is 1.